The fourth-order valence-electron chi connectivity index (χ4n) is 4.69. The Labute approximate surface area is 183 Å². The van der Waals surface area contributed by atoms with Crippen LogP contribution < -0.4 is 15.8 Å². The Morgan fingerprint density at radius 2 is 2.00 bits per heavy atom. The molecule has 31 heavy (non-hydrogen) atoms. The van der Waals surface area contributed by atoms with Crippen molar-refractivity contribution in [1.29, 1.82) is 5.41 Å². The van der Waals surface area contributed by atoms with Crippen LogP contribution >= 0.6 is 0 Å². The molecule has 3 rings (SSSR count). The van der Waals surface area contributed by atoms with Crippen molar-refractivity contribution in [3.05, 3.63) is 29.3 Å². The molecule has 0 radical (unpaired) electrons. The molecule has 1 aromatic carbocycles. The highest BCUT2D eigenvalue weighted by Crippen LogP contribution is 2.29. The van der Waals surface area contributed by atoms with Crippen molar-refractivity contribution in [1.82, 2.24) is 10.2 Å². The average Bonchev–Trinajstić information content (AvgIpc) is 3.27. The minimum absolute atomic E-state index is 0.0548. The van der Waals surface area contributed by atoms with Crippen molar-refractivity contribution in [2.75, 3.05) is 13.7 Å². The lowest BCUT2D eigenvalue weighted by molar-refractivity contribution is -0.146. The molecule has 5 N–H and O–H groups in total. The van der Waals surface area contributed by atoms with E-state index in [0.29, 0.717) is 36.6 Å². The summed E-state index contributed by atoms with van der Waals surface area (Å²) in [4.78, 5) is 27.2. The van der Waals surface area contributed by atoms with Gasteiger partial charge in [-0.15, -0.1) is 0 Å². The predicted molar refractivity (Wildman–Crippen MR) is 118 cm³/mol. The van der Waals surface area contributed by atoms with Crippen LogP contribution in [-0.2, 0) is 16.1 Å². The number of amides is 2. The summed E-state index contributed by atoms with van der Waals surface area (Å²) in [5.74, 6) is 0.323. The number of ether oxygens (including phenoxy) is 1. The molecule has 2 fully saturated rings. The van der Waals surface area contributed by atoms with Gasteiger partial charge in [0, 0.05) is 24.2 Å². The van der Waals surface area contributed by atoms with Gasteiger partial charge in [-0.25, -0.2) is 0 Å². The maximum atomic E-state index is 12.9. The summed E-state index contributed by atoms with van der Waals surface area (Å²) in [6.45, 7) is 0.735. The monoisotopic (exact) mass is 430 g/mol. The van der Waals surface area contributed by atoms with E-state index in [9.17, 15) is 14.7 Å². The van der Waals surface area contributed by atoms with Crippen LogP contribution in [0.4, 0.5) is 0 Å². The van der Waals surface area contributed by atoms with Gasteiger partial charge >= 0.3 is 0 Å². The second kappa shape index (κ2) is 10.6. The number of nitrogens with zero attached hydrogens (tertiary/aromatic N) is 1. The number of aliphatic hydroxyl groups is 1. The van der Waals surface area contributed by atoms with Crippen LogP contribution in [0.1, 0.15) is 62.5 Å². The Hall–Kier alpha value is -2.61. The molecular formula is C23H34N4O4. The number of nitrogens with two attached hydrogens (primary N) is 1. The number of likely N-dealkylation sites (tertiary alicyclic amines) is 1. The highest BCUT2D eigenvalue weighted by molar-refractivity contribution is 5.95. The van der Waals surface area contributed by atoms with Gasteiger partial charge in [0.25, 0.3) is 5.91 Å². The molecule has 2 atom stereocenters. The molecule has 0 bridgehead atoms. The third-order valence-corrected chi connectivity index (χ3v) is 6.46. The first kappa shape index (κ1) is 23.1. The van der Waals surface area contributed by atoms with Gasteiger partial charge in [-0.1, -0.05) is 44.2 Å². The zero-order valence-electron chi connectivity index (χ0n) is 18.2. The smallest absolute Gasteiger partial charge is 0.252 e. The van der Waals surface area contributed by atoms with E-state index in [-0.39, 0.29) is 24.2 Å². The molecular weight excluding hydrogens is 396 g/mol. The van der Waals surface area contributed by atoms with Gasteiger partial charge in [-0.3, -0.25) is 15.0 Å². The summed E-state index contributed by atoms with van der Waals surface area (Å²) in [5, 5.41) is 20.9. The molecule has 8 nitrogen and oxygen atoms in total. The third kappa shape index (κ3) is 5.76. The quantitative estimate of drug-likeness (QED) is 0.370. The maximum Gasteiger partial charge on any atom is 0.252 e. The van der Waals surface area contributed by atoms with Crippen molar-refractivity contribution in [2.24, 2.45) is 11.7 Å². The van der Waals surface area contributed by atoms with Gasteiger partial charge in [0.2, 0.25) is 5.91 Å². The summed E-state index contributed by atoms with van der Waals surface area (Å²) in [7, 11) is 1.52. The van der Waals surface area contributed by atoms with Crippen LogP contribution in [-0.4, -0.2) is 53.5 Å². The Morgan fingerprint density at radius 3 is 2.68 bits per heavy atom. The molecule has 8 heteroatoms. The van der Waals surface area contributed by atoms with E-state index in [0.717, 1.165) is 37.7 Å². The van der Waals surface area contributed by atoms with Crippen molar-refractivity contribution in [2.45, 2.75) is 70.1 Å². The summed E-state index contributed by atoms with van der Waals surface area (Å²) in [5.41, 5.74) is 6.83. The van der Waals surface area contributed by atoms with Crippen LogP contribution in [0.3, 0.4) is 0 Å². The Kier molecular flexibility index (Phi) is 7.90. The number of benzene rings is 1. The topological polar surface area (TPSA) is 129 Å². The fourth-order valence-corrected chi connectivity index (χ4v) is 4.69. The maximum absolute atomic E-state index is 12.9. The summed E-state index contributed by atoms with van der Waals surface area (Å²) >= 11 is 0. The number of hydrogen-bond donors (Lipinski definition) is 4. The Bertz CT molecular complexity index is 807. The highest BCUT2D eigenvalue weighted by Gasteiger charge is 2.37. The molecule has 1 saturated carbocycles. The Morgan fingerprint density at radius 1 is 1.26 bits per heavy atom. The number of carbonyl (C=O) groups excluding carboxylic acids is 2. The van der Waals surface area contributed by atoms with Gasteiger partial charge < -0.3 is 25.8 Å². The minimum atomic E-state index is -1.03. The molecule has 1 saturated heterocycles. The highest BCUT2D eigenvalue weighted by atomic mass is 16.5. The first-order chi connectivity index (χ1) is 14.9. The predicted octanol–water partition coefficient (Wildman–Crippen LogP) is 1.92. The second-order valence-corrected chi connectivity index (χ2v) is 8.60. The summed E-state index contributed by atoms with van der Waals surface area (Å²) < 4.78 is 5.36. The van der Waals surface area contributed by atoms with Gasteiger partial charge in [0.15, 0.2) is 0 Å². The van der Waals surface area contributed by atoms with Crippen molar-refractivity contribution >= 4 is 17.6 Å². The number of hydrogen-bond acceptors (Lipinski definition) is 5. The zero-order valence-corrected chi connectivity index (χ0v) is 18.2. The lowest BCUT2D eigenvalue weighted by Gasteiger charge is -2.29. The van der Waals surface area contributed by atoms with E-state index < -0.39 is 12.1 Å². The van der Waals surface area contributed by atoms with Crippen molar-refractivity contribution in [3.8, 4) is 5.75 Å². The summed E-state index contributed by atoms with van der Waals surface area (Å²) in [6, 6.07) is 4.58. The fraction of sp³-hybridized carbons (Fsp3) is 0.609. The Balaban J connectivity index is 1.58. The van der Waals surface area contributed by atoms with E-state index >= 15 is 0 Å². The van der Waals surface area contributed by atoms with E-state index in [4.69, 9.17) is 15.9 Å². The number of amidine groups is 1. The lowest BCUT2D eigenvalue weighted by Crippen LogP contribution is -2.49. The molecule has 2 amide bonds. The molecule has 1 aliphatic carbocycles. The van der Waals surface area contributed by atoms with Crippen LogP contribution in [0, 0.1) is 11.3 Å². The molecule has 2 aliphatic rings. The van der Waals surface area contributed by atoms with Crippen LogP contribution in [0.5, 0.6) is 5.75 Å². The average molecular weight is 431 g/mol. The van der Waals surface area contributed by atoms with Crippen LogP contribution in [0.2, 0.25) is 0 Å². The number of rotatable bonds is 8. The van der Waals surface area contributed by atoms with Crippen molar-refractivity contribution < 1.29 is 19.4 Å². The first-order valence-corrected chi connectivity index (χ1v) is 11.2. The SMILES string of the molecule is COc1cc(C(=N)N)ccc1CNC(=O)C1CCCN1C(=O)C(O)CC1CCCCC1. The van der Waals surface area contributed by atoms with Gasteiger partial charge in [-0.05, 0) is 31.2 Å². The minimum Gasteiger partial charge on any atom is -0.496 e. The van der Waals surface area contributed by atoms with E-state index in [1.165, 1.54) is 13.5 Å². The third-order valence-electron chi connectivity index (χ3n) is 6.46. The zero-order chi connectivity index (χ0) is 22.4. The molecule has 1 aliphatic heterocycles. The number of nitrogens with one attached hydrogen (secondary N) is 2. The molecule has 1 aromatic rings. The number of carbonyl (C=O) groups is 2. The number of methoxy groups -OCH3 is 1. The van der Waals surface area contributed by atoms with Gasteiger partial charge in [0.05, 0.1) is 7.11 Å². The molecule has 170 valence electrons. The normalized spacial score (nSPS) is 20.3. The van der Waals surface area contributed by atoms with E-state index in [2.05, 4.69) is 5.32 Å². The lowest BCUT2D eigenvalue weighted by atomic mass is 9.85. The molecule has 0 spiro atoms. The van der Waals surface area contributed by atoms with Crippen molar-refractivity contribution in [3.63, 3.8) is 0 Å². The molecule has 1 heterocycles. The summed E-state index contributed by atoms with van der Waals surface area (Å²) in [6.07, 6.45) is 6.49. The first-order valence-electron chi connectivity index (χ1n) is 11.2. The van der Waals surface area contributed by atoms with E-state index in [1.54, 1.807) is 23.1 Å². The largest absolute Gasteiger partial charge is 0.496 e. The van der Waals surface area contributed by atoms with Gasteiger partial charge in [0.1, 0.15) is 23.7 Å². The van der Waals surface area contributed by atoms with Crippen LogP contribution in [0.25, 0.3) is 0 Å². The second-order valence-electron chi connectivity index (χ2n) is 8.60. The molecule has 0 aromatic heterocycles. The number of aliphatic hydroxyl groups excluding tert-OH is 1. The van der Waals surface area contributed by atoms with E-state index in [1.807, 2.05) is 0 Å². The van der Waals surface area contributed by atoms with Crippen LogP contribution in [0.15, 0.2) is 18.2 Å². The van der Waals surface area contributed by atoms with Gasteiger partial charge in [-0.2, -0.15) is 0 Å². The number of nitrogen functional groups attached to an aromatic ring is 1. The standard InChI is InChI=1S/C23H34N4O4/c1-31-20-13-16(21(24)25)9-10-17(20)14-26-22(29)18-8-5-11-27(18)23(30)19(28)12-15-6-3-2-4-7-15/h9-10,13,15,18-19,28H,2-8,11-12,14H2,1H3,(H3,24,25)(H,26,29). The molecule has 2 unspecified atom stereocenters.